The van der Waals surface area contributed by atoms with Crippen LogP contribution in [0.1, 0.15) is 0 Å². The number of nitrogens with one attached hydrogen (secondary N) is 2. The molecule has 0 aliphatic carbocycles. The summed E-state index contributed by atoms with van der Waals surface area (Å²) in [6, 6.07) is 7.46. The number of aromatic amines is 1. The predicted octanol–water partition coefficient (Wildman–Crippen LogP) is 1.82. The highest BCUT2D eigenvalue weighted by Gasteiger charge is 2.17. The summed E-state index contributed by atoms with van der Waals surface area (Å²) in [5, 5.41) is 0.354. The number of hydrogen-bond donors (Lipinski definition) is 2. The van der Waals surface area contributed by atoms with Crippen LogP contribution in [0.2, 0.25) is 0 Å². The van der Waals surface area contributed by atoms with Crippen LogP contribution in [0.25, 0.3) is 10.2 Å². The third kappa shape index (κ3) is 1.95. The van der Waals surface area contributed by atoms with E-state index in [1.165, 1.54) is 23.9 Å². The second kappa shape index (κ2) is 4.07. The van der Waals surface area contributed by atoms with Gasteiger partial charge in [0.05, 0.1) is 22.7 Å². The highest BCUT2D eigenvalue weighted by molar-refractivity contribution is 7.92. The first kappa shape index (κ1) is 11.2. The molecule has 1 aromatic carbocycles. The maximum absolute atomic E-state index is 11.9. The number of imidazole rings is 1. The van der Waals surface area contributed by atoms with Gasteiger partial charge in [0.25, 0.3) is 10.0 Å². The summed E-state index contributed by atoms with van der Waals surface area (Å²) in [7, 11) is -3.64. The zero-order chi connectivity index (χ0) is 12.6. The number of sulfonamides is 1. The van der Waals surface area contributed by atoms with E-state index in [0.29, 0.717) is 5.13 Å². The van der Waals surface area contributed by atoms with Gasteiger partial charge in [-0.05, 0) is 12.1 Å². The quantitative estimate of drug-likeness (QED) is 0.766. The van der Waals surface area contributed by atoms with Crippen molar-refractivity contribution in [3.05, 3.63) is 36.8 Å². The van der Waals surface area contributed by atoms with Gasteiger partial charge in [0.2, 0.25) is 0 Å². The number of thiazole rings is 1. The maximum atomic E-state index is 11.9. The lowest BCUT2D eigenvalue weighted by atomic mass is 10.3. The Labute approximate surface area is 107 Å². The molecule has 0 aliphatic rings. The number of benzene rings is 1. The van der Waals surface area contributed by atoms with Gasteiger partial charge in [-0.1, -0.05) is 23.5 Å². The van der Waals surface area contributed by atoms with Crippen LogP contribution >= 0.6 is 11.3 Å². The Morgan fingerprint density at radius 2 is 2.11 bits per heavy atom. The molecule has 0 fully saturated rings. The first-order valence-corrected chi connectivity index (χ1v) is 7.32. The van der Waals surface area contributed by atoms with E-state index < -0.39 is 10.0 Å². The fourth-order valence-electron chi connectivity index (χ4n) is 1.48. The van der Waals surface area contributed by atoms with Crippen molar-refractivity contribution >= 4 is 36.7 Å². The van der Waals surface area contributed by atoms with Crippen LogP contribution in [0, 0.1) is 0 Å². The third-order valence-electron chi connectivity index (χ3n) is 2.28. The smallest absolute Gasteiger partial charge is 0.280 e. The topological polar surface area (TPSA) is 87.7 Å². The molecule has 0 amide bonds. The van der Waals surface area contributed by atoms with Gasteiger partial charge in [0.1, 0.15) is 0 Å². The minimum Gasteiger partial charge on any atom is -0.334 e. The van der Waals surface area contributed by atoms with Crippen molar-refractivity contribution in [1.29, 1.82) is 0 Å². The average molecular weight is 280 g/mol. The van der Waals surface area contributed by atoms with E-state index in [0.717, 1.165) is 10.2 Å². The lowest BCUT2D eigenvalue weighted by molar-refractivity contribution is 0.598. The van der Waals surface area contributed by atoms with Gasteiger partial charge in [-0.25, -0.2) is 9.97 Å². The summed E-state index contributed by atoms with van der Waals surface area (Å²) in [6.07, 6.45) is 2.56. The largest absolute Gasteiger partial charge is 0.334 e. The Hall–Kier alpha value is -1.93. The van der Waals surface area contributed by atoms with Crippen molar-refractivity contribution in [1.82, 2.24) is 15.0 Å². The SMILES string of the molecule is O=S(=O)(Nc1nc2ccccc2s1)c1cnc[nH]1. The highest BCUT2D eigenvalue weighted by Crippen LogP contribution is 2.26. The lowest BCUT2D eigenvalue weighted by Gasteiger charge is -2.00. The number of rotatable bonds is 3. The standard InChI is InChI=1S/C10H8N4O2S2/c15-18(16,9-5-11-6-12-9)14-10-13-7-3-1-2-4-8(7)17-10/h1-6H,(H,11,12)(H,13,14). The molecule has 2 aromatic heterocycles. The van der Waals surface area contributed by atoms with Crippen LogP contribution < -0.4 is 4.72 Å². The molecule has 6 nitrogen and oxygen atoms in total. The van der Waals surface area contributed by atoms with Gasteiger partial charge in [-0.15, -0.1) is 0 Å². The van der Waals surface area contributed by atoms with Gasteiger partial charge in [0.15, 0.2) is 10.2 Å². The minimum atomic E-state index is -3.64. The fourth-order valence-corrected chi connectivity index (χ4v) is 3.48. The van der Waals surface area contributed by atoms with E-state index in [2.05, 4.69) is 19.7 Å². The molecule has 0 atom stereocenters. The molecule has 0 radical (unpaired) electrons. The molecule has 3 aromatic rings. The molecule has 18 heavy (non-hydrogen) atoms. The number of hydrogen-bond acceptors (Lipinski definition) is 5. The molecule has 0 saturated carbocycles. The zero-order valence-electron chi connectivity index (χ0n) is 8.99. The third-order valence-corrected chi connectivity index (χ3v) is 4.62. The Balaban J connectivity index is 1.97. The van der Waals surface area contributed by atoms with Crippen molar-refractivity contribution in [3.63, 3.8) is 0 Å². The van der Waals surface area contributed by atoms with Crippen LogP contribution in [-0.4, -0.2) is 23.4 Å². The Kier molecular flexibility index (Phi) is 2.53. The Morgan fingerprint density at radius 3 is 2.83 bits per heavy atom. The van der Waals surface area contributed by atoms with E-state index in [-0.39, 0.29) is 5.03 Å². The lowest BCUT2D eigenvalue weighted by Crippen LogP contribution is -2.12. The van der Waals surface area contributed by atoms with Gasteiger partial charge < -0.3 is 4.98 Å². The summed E-state index contributed by atoms with van der Waals surface area (Å²) in [6.45, 7) is 0. The zero-order valence-corrected chi connectivity index (χ0v) is 10.6. The maximum Gasteiger partial charge on any atom is 0.280 e. The van der Waals surface area contributed by atoms with Gasteiger partial charge >= 0.3 is 0 Å². The van der Waals surface area contributed by atoms with Gasteiger partial charge in [-0.2, -0.15) is 8.42 Å². The van der Waals surface area contributed by atoms with E-state index >= 15 is 0 Å². The molecule has 2 N–H and O–H groups in total. The van der Waals surface area contributed by atoms with Crippen LogP contribution in [-0.2, 0) is 10.0 Å². The van der Waals surface area contributed by atoms with Crippen molar-refractivity contribution in [2.45, 2.75) is 5.03 Å². The number of nitrogens with zero attached hydrogens (tertiary/aromatic N) is 2. The summed E-state index contributed by atoms with van der Waals surface area (Å²) in [4.78, 5) is 10.4. The van der Waals surface area contributed by atoms with Crippen molar-refractivity contribution in [2.75, 3.05) is 4.72 Å². The summed E-state index contributed by atoms with van der Waals surface area (Å²) in [5.74, 6) is 0. The van der Waals surface area contributed by atoms with Crippen LogP contribution in [0.5, 0.6) is 0 Å². The van der Waals surface area contributed by atoms with Crippen LogP contribution in [0.3, 0.4) is 0 Å². The molecule has 0 saturated heterocycles. The van der Waals surface area contributed by atoms with E-state index in [9.17, 15) is 8.42 Å². The molecular formula is C10H8N4O2S2. The number of H-pyrrole nitrogens is 1. The van der Waals surface area contributed by atoms with Crippen molar-refractivity contribution < 1.29 is 8.42 Å². The van der Waals surface area contributed by atoms with E-state index in [4.69, 9.17) is 0 Å². The molecule has 0 unspecified atom stereocenters. The minimum absolute atomic E-state index is 0.0155. The van der Waals surface area contributed by atoms with Gasteiger partial charge in [0, 0.05) is 0 Å². The van der Waals surface area contributed by atoms with Gasteiger partial charge in [-0.3, -0.25) is 4.72 Å². The van der Waals surface area contributed by atoms with Crippen molar-refractivity contribution in [2.24, 2.45) is 0 Å². The Bertz CT molecular complexity index is 744. The number of aromatic nitrogens is 3. The summed E-state index contributed by atoms with van der Waals surface area (Å²) >= 11 is 1.29. The molecule has 2 heterocycles. The van der Waals surface area contributed by atoms with Crippen LogP contribution in [0.15, 0.2) is 41.8 Å². The Morgan fingerprint density at radius 1 is 1.28 bits per heavy atom. The summed E-state index contributed by atoms with van der Waals surface area (Å²) < 4.78 is 27.2. The number of anilines is 1. The molecular weight excluding hydrogens is 272 g/mol. The molecule has 0 bridgehead atoms. The second-order valence-corrected chi connectivity index (χ2v) is 6.19. The molecule has 8 heteroatoms. The number of fused-ring (bicyclic) bond motifs is 1. The second-order valence-electron chi connectivity index (χ2n) is 3.51. The average Bonchev–Trinajstić information content (AvgIpc) is 2.96. The van der Waals surface area contributed by atoms with E-state index in [1.54, 1.807) is 0 Å². The molecule has 92 valence electrons. The van der Waals surface area contributed by atoms with Crippen molar-refractivity contribution in [3.8, 4) is 0 Å². The molecule has 3 rings (SSSR count). The highest BCUT2D eigenvalue weighted by atomic mass is 32.2. The summed E-state index contributed by atoms with van der Waals surface area (Å²) in [5.41, 5.74) is 0.768. The normalized spacial score (nSPS) is 11.8. The number of para-hydroxylation sites is 1. The molecule has 0 spiro atoms. The van der Waals surface area contributed by atoms with E-state index in [1.807, 2.05) is 24.3 Å². The van der Waals surface area contributed by atoms with Crippen LogP contribution in [0.4, 0.5) is 5.13 Å². The predicted molar refractivity (Wildman–Crippen MR) is 69.0 cm³/mol. The first-order valence-electron chi connectivity index (χ1n) is 5.02. The fraction of sp³-hybridized carbons (Fsp3) is 0. The molecule has 0 aliphatic heterocycles. The monoisotopic (exact) mass is 280 g/mol. The first-order chi connectivity index (χ1) is 8.65.